The molecule has 6 atom stereocenters. The lowest BCUT2D eigenvalue weighted by atomic mass is 9.42. The van der Waals surface area contributed by atoms with Crippen molar-refractivity contribution in [2.45, 2.75) is 82.4 Å². The van der Waals surface area contributed by atoms with Crippen molar-refractivity contribution in [1.29, 1.82) is 0 Å². The fourth-order valence-electron chi connectivity index (χ4n) is 8.94. The van der Waals surface area contributed by atoms with Gasteiger partial charge < -0.3 is 24.1 Å². The van der Waals surface area contributed by atoms with Gasteiger partial charge in [-0.15, -0.1) is 0 Å². The molecular formula is C24H36O5. The van der Waals surface area contributed by atoms with E-state index in [2.05, 4.69) is 13.5 Å². The van der Waals surface area contributed by atoms with Crippen molar-refractivity contribution in [3.8, 4) is 0 Å². The Morgan fingerprint density at radius 3 is 2.34 bits per heavy atom. The maximum Gasteiger partial charge on any atom is 0.179 e. The minimum atomic E-state index is -0.691. The van der Waals surface area contributed by atoms with Gasteiger partial charge in [-0.25, -0.2) is 0 Å². The van der Waals surface area contributed by atoms with Crippen molar-refractivity contribution >= 4 is 0 Å². The SMILES string of the molecule is C=C1C[C@H]2[C@@H]3CCC45OCCOC(OCCO4)[C@]35CC[C@@H]2[C@@]2(C)CCCC[C@]12O. The Bertz CT molecular complexity index is 695. The largest absolute Gasteiger partial charge is 0.385 e. The lowest BCUT2D eigenvalue weighted by molar-refractivity contribution is -0.320. The first-order chi connectivity index (χ1) is 14.0. The molecule has 2 saturated heterocycles. The second-order valence-electron chi connectivity index (χ2n) is 10.8. The zero-order chi connectivity index (χ0) is 19.9. The maximum absolute atomic E-state index is 11.8. The summed E-state index contributed by atoms with van der Waals surface area (Å²) in [4.78, 5) is 0. The van der Waals surface area contributed by atoms with Gasteiger partial charge >= 0.3 is 0 Å². The first-order valence-corrected chi connectivity index (χ1v) is 11.9. The first-order valence-electron chi connectivity index (χ1n) is 11.9. The highest BCUT2D eigenvalue weighted by atomic mass is 16.8. The summed E-state index contributed by atoms with van der Waals surface area (Å²) < 4.78 is 25.5. The summed E-state index contributed by atoms with van der Waals surface area (Å²) in [5.41, 5.74) is 0.0760. The van der Waals surface area contributed by atoms with E-state index in [1.807, 2.05) is 0 Å². The Morgan fingerprint density at radius 1 is 0.897 bits per heavy atom. The molecule has 6 aliphatic rings. The zero-order valence-electron chi connectivity index (χ0n) is 17.8. The van der Waals surface area contributed by atoms with Crippen LogP contribution < -0.4 is 0 Å². The van der Waals surface area contributed by atoms with Crippen LogP contribution in [0.5, 0.6) is 0 Å². The molecule has 2 aliphatic heterocycles. The number of rotatable bonds is 0. The topological polar surface area (TPSA) is 57.2 Å². The lowest BCUT2D eigenvalue weighted by Gasteiger charge is -2.65. The van der Waals surface area contributed by atoms with E-state index in [0.717, 1.165) is 56.9 Å². The smallest absolute Gasteiger partial charge is 0.179 e. The van der Waals surface area contributed by atoms with Gasteiger partial charge in [0.25, 0.3) is 0 Å². The summed E-state index contributed by atoms with van der Waals surface area (Å²) in [5, 5.41) is 11.8. The van der Waals surface area contributed by atoms with Crippen LogP contribution in [-0.4, -0.2) is 49.2 Å². The highest BCUT2D eigenvalue weighted by molar-refractivity contribution is 5.29. The van der Waals surface area contributed by atoms with E-state index in [0.29, 0.717) is 44.2 Å². The van der Waals surface area contributed by atoms with Gasteiger partial charge in [0, 0.05) is 11.8 Å². The van der Waals surface area contributed by atoms with Crippen LogP contribution in [0.15, 0.2) is 12.2 Å². The molecule has 6 fully saturated rings. The molecule has 0 aromatic heterocycles. The van der Waals surface area contributed by atoms with Crippen molar-refractivity contribution in [2.75, 3.05) is 26.4 Å². The number of fused-ring (bicyclic) bond motifs is 4. The third-order valence-corrected chi connectivity index (χ3v) is 10.2. The first kappa shape index (κ1) is 19.2. The van der Waals surface area contributed by atoms with Crippen molar-refractivity contribution in [2.24, 2.45) is 28.6 Å². The zero-order valence-corrected chi connectivity index (χ0v) is 17.8. The molecule has 29 heavy (non-hydrogen) atoms. The molecule has 2 heterocycles. The molecule has 1 spiro atoms. The Morgan fingerprint density at radius 2 is 1.59 bits per heavy atom. The van der Waals surface area contributed by atoms with Gasteiger partial charge in [0.05, 0.1) is 37.4 Å². The molecule has 4 aliphatic carbocycles. The molecule has 0 radical (unpaired) electrons. The third-order valence-electron chi connectivity index (χ3n) is 10.2. The maximum atomic E-state index is 11.8. The van der Waals surface area contributed by atoms with Gasteiger partial charge in [-0.2, -0.15) is 0 Å². The fraction of sp³-hybridized carbons (Fsp3) is 0.917. The minimum Gasteiger partial charge on any atom is -0.385 e. The Hall–Kier alpha value is -0.460. The average Bonchev–Trinajstić information content (AvgIpc) is 2.88. The van der Waals surface area contributed by atoms with Gasteiger partial charge in [-0.1, -0.05) is 26.3 Å². The molecule has 4 saturated carbocycles. The third kappa shape index (κ3) is 2.19. The highest BCUT2D eigenvalue weighted by Crippen LogP contribution is 2.72. The number of hydrogen-bond acceptors (Lipinski definition) is 5. The number of aliphatic hydroxyl groups is 1. The molecule has 0 aromatic carbocycles. The summed E-state index contributed by atoms with van der Waals surface area (Å²) in [6.45, 7) is 9.11. The predicted octanol–water partition coefficient (Wildman–Crippen LogP) is 3.80. The fourth-order valence-corrected chi connectivity index (χ4v) is 8.94. The highest BCUT2D eigenvalue weighted by Gasteiger charge is 2.74. The summed E-state index contributed by atoms with van der Waals surface area (Å²) in [7, 11) is 0. The quantitative estimate of drug-likeness (QED) is 0.623. The average molecular weight is 405 g/mol. The lowest BCUT2D eigenvalue weighted by Crippen LogP contribution is -2.66. The van der Waals surface area contributed by atoms with Crippen molar-refractivity contribution in [3.05, 3.63) is 12.2 Å². The van der Waals surface area contributed by atoms with Crippen molar-refractivity contribution < 1.29 is 24.1 Å². The predicted molar refractivity (Wildman–Crippen MR) is 107 cm³/mol. The summed E-state index contributed by atoms with van der Waals surface area (Å²) in [6.07, 6.45) is 9.11. The second-order valence-corrected chi connectivity index (χ2v) is 10.8. The van der Waals surface area contributed by atoms with E-state index < -0.39 is 11.4 Å². The van der Waals surface area contributed by atoms with Gasteiger partial charge in [-0.3, -0.25) is 0 Å². The van der Waals surface area contributed by atoms with Crippen LogP contribution in [0.25, 0.3) is 0 Å². The standard InChI is InChI=1S/C24H36O5/c1-16-15-17-18(21(2)7-3-4-8-23(16,21)25)5-9-22-19(17)6-10-24(22)28-13-11-26-20(22)27-12-14-29-24/h17-20,25H,1,3-15H2,2H3/t17-,18+,19+,20?,21-,22+,23+,24?/m1/s1. The van der Waals surface area contributed by atoms with Crippen molar-refractivity contribution in [3.63, 3.8) is 0 Å². The van der Waals surface area contributed by atoms with Crippen LogP contribution in [0.3, 0.4) is 0 Å². The van der Waals surface area contributed by atoms with Gasteiger partial charge in [0.1, 0.15) is 0 Å². The van der Waals surface area contributed by atoms with E-state index in [4.69, 9.17) is 18.9 Å². The Labute approximate surface area is 174 Å². The van der Waals surface area contributed by atoms with Gasteiger partial charge in [0.15, 0.2) is 12.1 Å². The van der Waals surface area contributed by atoms with E-state index in [-0.39, 0.29) is 17.1 Å². The van der Waals surface area contributed by atoms with Crippen LogP contribution in [0.4, 0.5) is 0 Å². The molecule has 0 aromatic rings. The molecular weight excluding hydrogens is 368 g/mol. The molecule has 5 nitrogen and oxygen atoms in total. The van der Waals surface area contributed by atoms with Crippen LogP contribution in [-0.2, 0) is 18.9 Å². The summed E-state index contributed by atoms with van der Waals surface area (Å²) in [6, 6.07) is 0. The molecule has 5 heteroatoms. The monoisotopic (exact) mass is 404 g/mol. The van der Waals surface area contributed by atoms with Crippen LogP contribution in [0, 0.1) is 28.6 Å². The van der Waals surface area contributed by atoms with E-state index in [9.17, 15) is 5.11 Å². The minimum absolute atomic E-state index is 0.0675. The molecule has 0 amide bonds. The van der Waals surface area contributed by atoms with E-state index >= 15 is 0 Å². The van der Waals surface area contributed by atoms with Crippen LogP contribution in [0.1, 0.15) is 64.7 Å². The van der Waals surface area contributed by atoms with E-state index in [1.54, 1.807) is 0 Å². The van der Waals surface area contributed by atoms with Gasteiger partial charge in [-0.05, 0) is 61.9 Å². The second kappa shape index (κ2) is 6.29. The Balaban J connectivity index is 1.44. The van der Waals surface area contributed by atoms with Crippen LogP contribution >= 0.6 is 0 Å². The molecule has 0 unspecified atom stereocenters. The summed E-state index contributed by atoms with van der Waals surface area (Å²) in [5.74, 6) is 0.888. The molecule has 1 N–H and O–H groups in total. The molecule has 6 rings (SSSR count). The Kier molecular flexibility index (Phi) is 4.17. The van der Waals surface area contributed by atoms with E-state index in [1.165, 1.54) is 6.42 Å². The normalized spacial score (nSPS) is 57.0. The van der Waals surface area contributed by atoms with Gasteiger partial charge in [0.2, 0.25) is 0 Å². The summed E-state index contributed by atoms with van der Waals surface area (Å²) >= 11 is 0. The van der Waals surface area contributed by atoms with Crippen LogP contribution in [0.2, 0.25) is 0 Å². The molecule has 162 valence electrons. The van der Waals surface area contributed by atoms with Crippen molar-refractivity contribution in [1.82, 2.24) is 0 Å². The molecule has 2 bridgehead atoms. The number of hydrogen-bond donors (Lipinski definition) is 1. The number of ether oxygens (including phenoxy) is 4.